The van der Waals surface area contributed by atoms with Gasteiger partial charge in [-0.1, -0.05) is 103 Å². The van der Waals surface area contributed by atoms with E-state index in [0.717, 1.165) is 57.8 Å². The molecule has 1 amide bonds. The number of ether oxygens (including phenoxy) is 3. The normalized spacial score (nSPS) is 16.5. The van der Waals surface area contributed by atoms with Crippen LogP contribution >= 0.6 is 23.2 Å². The summed E-state index contributed by atoms with van der Waals surface area (Å²) in [4.78, 5) is 23.1. The Hall–Kier alpha value is -5.54. The molecular weight excluding hydrogens is 779 g/mol. The summed E-state index contributed by atoms with van der Waals surface area (Å²) in [6.45, 7) is 4.10. The van der Waals surface area contributed by atoms with E-state index in [1.807, 2.05) is 73.7 Å². The summed E-state index contributed by atoms with van der Waals surface area (Å²) >= 11 is 12.2. The van der Waals surface area contributed by atoms with Crippen LogP contribution in [0.3, 0.4) is 0 Å². The number of nitrogens with zero attached hydrogens (tertiary/aromatic N) is 3. The standard InChI is InChI=1S/C49H48Cl2N4O4/c1-4-43(35-8-6-5-7-9-35)55-29-39-27-46-45(58-31-47(59-46)36-15-18-40(19-16-36)57-30-33-12-20-41(50)42(51)24-33)26-38(39)25-44(55)49(56)52-23-22-32-10-13-34(14-11-32)37-17-21-48(53-28-37)54(2)3/h5-21,24,26-28,43-44,47H,4,22-23,25,29-31H2,1-3H3,(H,52,56). The fraction of sp³-hybridized carbons (Fsp3) is 0.265. The fourth-order valence-corrected chi connectivity index (χ4v) is 8.27. The average molecular weight is 828 g/mol. The highest BCUT2D eigenvalue weighted by Gasteiger charge is 2.37. The van der Waals surface area contributed by atoms with Gasteiger partial charge in [0.05, 0.1) is 16.1 Å². The largest absolute Gasteiger partial charge is 0.489 e. The highest BCUT2D eigenvalue weighted by molar-refractivity contribution is 6.42. The van der Waals surface area contributed by atoms with Crippen molar-refractivity contribution in [1.29, 1.82) is 0 Å². The first-order valence-corrected chi connectivity index (χ1v) is 20.9. The molecule has 1 N–H and O–H groups in total. The van der Waals surface area contributed by atoms with Crippen molar-refractivity contribution in [2.45, 2.75) is 57.5 Å². The monoisotopic (exact) mass is 826 g/mol. The van der Waals surface area contributed by atoms with E-state index in [2.05, 4.69) is 88.9 Å². The molecule has 0 saturated heterocycles. The Labute approximate surface area is 356 Å². The summed E-state index contributed by atoms with van der Waals surface area (Å²) in [5.74, 6) is 3.12. The first-order chi connectivity index (χ1) is 28.7. The molecule has 0 spiro atoms. The number of carbonyl (C=O) groups is 1. The zero-order valence-corrected chi connectivity index (χ0v) is 35.0. The van der Waals surface area contributed by atoms with Gasteiger partial charge in [-0.05, 0) is 107 Å². The van der Waals surface area contributed by atoms with Gasteiger partial charge in [-0.15, -0.1) is 0 Å². The summed E-state index contributed by atoms with van der Waals surface area (Å²) in [5.41, 5.74) is 8.73. The van der Waals surface area contributed by atoms with Crippen molar-refractivity contribution in [3.8, 4) is 28.4 Å². The molecule has 3 unspecified atom stereocenters. The second-order valence-corrected chi connectivity index (χ2v) is 16.2. The minimum absolute atomic E-state index is 0.0352. The van der Waals surface area contributed by atoms with Gasteiger partial charge in [0.15, 0.2) is 17.6 Å². The molecule has 8 rings (SSSR count). The van der Waals surface area contributed by atoms with Gasteiger partial charge in [0.1, 0.15) is 24.8 Å². The molecule has 2 aliphatic heterocycles. The zero-order valence-electron chi connectivity index (χ0n) is 33.5. The molecule has 302 valence electrons. The van der Waals surface area contributed by atoms with Crippen LogP contribution in [0.15, 0.2) is 128 Å². The number of hydrogen-bond acceptors (Lipinski definition) is 7. The number of aromatic nitrogens is 1. The van der Waals surface area contributed by atoms with Gasteiger partial charge in [0.2, 0.25) is 5.91 Å². The third-order valence-electron chi connectivity index (χ3n) is 11.2. The number of anilines is 1. The fourth-order valence-electron chi connectivity index (χ4n) is 7.95. The van der Waals surface area contributed by atoms with Gasteiger partial charge < -0.3 is 24.4 Å². The van der Waals surface area contributed by atoms with Crippen molar-refractivity contribution in [2.75, 3.05) is 32.1 Å². The minimum atomic E-state index is -0.347. The van der Waals surface area contributed by atoms with Crippen LogP contribution in [-0.2, 0) is 30.8 Å². The number of nitrogens with one attached hydrogen (secondary N) is 1. The topological polar surface area (TPSA) is 76.2 Å². The number of amides is 1. The van der Waals surface area contributed by atoms with Crippen LogP contribution in [0.5, 0.6) is 17.2 Å². The van der Waals surface area contributed by atoms with Gasteiger partial charge >= 0.3 is 0 Å². The second-order valence-electron chi connectivity index (χ2n) is 15.4. The molecule has 3 heterocycles. The number of carbonyl (C=O) groups excluding carboxylic acids is 1. The number of pyridine rings is 1. The number of rotatable bonds is 13. The van der Waals surface area contributed by atoms with Crippen LogP contribution in [0, 0.1) is 0 Å². The zero-order chi connectivity index (χ0) is 40.9. The molecule has 10 heteroatoms. The third kappa shape index (κ3) is 9.36. The highest BCUT2D eigenvalue weighted by Crippen LogP contribution is 2.42. The molecule has 0 fully saturated rings. The predicted octanol–water partition coefficient (Wildman–Crippen LogP) is 10.4. The Kier molecular flexibility index (Phi) is 12.4. The lowest BCUT2D eigenvalue weighted by Crippen LogP contribution is -2.51. The summed E-state index contributed by atoms with van der Waals surface area (Å²) < 4.78 is 18.9. The summed E-state index contributed by atoms with van der Waals surface area (Å²) in [5, 5.41) is 4.32. The SMILES string of the molecule is CCC(c1ccccc1)N1Cc2cc3c(cc2CC1C(=O)NCCc1ccc(-c2ccc(N(C)C)nc2)cc1)OCC(c1ccc(OCc2ccc(Cl)c(Cl)c2)cc1)O3. The van der Waals surface area contributed by atoms with Gasteiger partial charge in [0.25, 0.3) is 0 Å². The second kappa shape index (κ2) is 18.2. The van der Waals surface area contributed by atoms with E-state index in [1.54, 1.807) is 6.07 Å². The Balaban J connectivity index is 0.941. The molecule has 0 aliphatic carbocycles. The summed E-state index contributed by atoms with van der Waals surface area (Å²) in [6, 6.07) is 40.4. The first kappa shape index (κ1) is 40.2. The molecule has 2 aliphatic rings. The van der Waals surface area contributed by atoms with Crippen molar-refractivity contribution in [2.24, 2.45) is 0 Å². The third-order valence-corrected chi connectivity index (χ3v) is 12.0. The van der Waals surface area contributed by atoms with Crippen LogP contribution in [0.25, 0.3) is 11.1 Å². The van der Waals surface area contributed by atoms with E-state index >= 15 is 0 Å². The highest BCUT2D eigenvalue weighted by atomic mass is 35.5. The van der Waals surface area contributed by atoms with E-state index in [1.165, 1.54) is 11.1 Å². The number of benzene rings is 5. The van der Waals surface area contributed by atoms with Gasteiger partial charge in [-0.25, -0.2) is 4.98 Å². The van der Waals surface area contributed by atoms with Crippen molar-refractivity contribution in [3.05, 3.63) is 171 Å². The molecule has 5 aromatic carbocycles. The summed E-state index contributed by atoms with van der Waals surface area (Å²) in [7, 11) is 3.97. The van der Waals surface area contributed by atoms with E-state index in [9.17, 15) is 4.79 Å². The lowest BCUT2D eigenvalue weighted by atomic mass is 9.89. The van der Waals surface area contributed by atoms with Gasteiger partial charge in [0, 0.05) is 45.0 Å². The van der Waals surface area contributed by atoms with Crippen LogP contribution in [0.4, 0.5) is 5.82 Å². The van der Waals surface area contributed by atoms with Gasteiger partial charge in [-0.2, -0.15) is 0 Å². The smallest absolute Gasteiger partial charge is 0.237 e. The molecule has 59 heavy (non-hydrogen) atoms. The van der Waals surface area contributed by atoms with Crippen molar-refractivity contribution >= 4 is 34.9 Å². The number of fused-ring (bicyclic) bond motifs is 2. The molecule has 3 atom stereocenters. The first-order valence-electron chi connectivity index (χ1n) is 20.2. The van der Waals surface area contributed by atoms with Crippen LogP contribution in [0.2, 0.25) is 10.0 Å². The molecule has 0 radical (unpaired) electrons. The van der Waals surface area contributed by atoms with Crippen molar-refractivity contribution in [3.63, 3.8) is 0 Å². The molecule has 6 aromatic rings. The lowest BCUT2D eigenvalue weighted by molar-refractivity contribution is -0.128. The maximum absolute atomic E-state index is 14.2. The molecule has 8 nitrogen and oxygen atoms in total. The van der Waals surface area contributed by atoms with Crippen LogP contribution in [0.1, 0.15) is 58.9 Å². The van der Waals surface area contributed by atoms with E-state index in [4.69, 9.17) is 37.4 Å². The Morgan fingerprint density at radius 1 is 0.864 bits per heavy atom. The number of hydrogen-bond donors (Lipinski definition) is 1. The minimum Gasteiger partial charge on any atom is -0.489 e. The molecular formula is C49H48Cl2N4O4. The van der Waals surface area contributed by atoms with Crippen molar-refractivity contribution in [1.82, 2.24) is 15.2 Å². The number of halogens is 2. The maximum atomic E-state index is 14.2. The van der Waals surface area contributed by atoms with Crippen LogP contribution < -0.4 is 24.4 Å². The van der Waals surface area contributed by atoms with E-state index in [0.29, 0.717) is 54.3 Å². The van der Waals surface area contributed by atoms with Gasteiger partial charge in [-0.3, -0.25) is 9.69 Å². The Morgan fingerprint density at radius 2 is 1.61 bits per heavy atom. The quantitative estimate of drug-likeness (QED) is 0.124. The molecule has 0 bridgehead atoms. The average Bonchev–Trinajstić information content (AvgIpc) is 3.26. The molecule has 0 saturated carbocycles. The Bertz CT molecular complexity index is 2370. The van der Waals surface area contributed by atoms with E-state index in [-0.39, 0.29) is 24.1 Å². The predicted molar refractivity (Wildman–Crippen MR) is 236 cm³/mol. The van der Waals surface area contributed by atoms with E-state index < -0.39 is 0 Å². The lowest BCUT2D eigenvalue weighted by Gasteiger charge is -2.41. The van der Waals surface area contributed by atoms with Crippen LogP contribution in [-0.4, -0.2) is 49.1 Å². The van der Waals surface area contributed by atoms with Crippen molar-refractivity contribution < 1.29 is 19.0 Å². The molecule has 1 aromatic heterocycles. The summed E-state index contributed by atoms with van der Waals surface area (Å²) in [6.07, 6.45) is 3.80. The Morgan fingerprint density at radius 3 is 2.32 bits per heavy atom. The maximum Gasteiger partial charge on any atom is 0.237 e.